The summed E-state index contributed by atoms with van der Waals surface area (Å²) in [6.45, 7) is 5.62. The van der Waals surface area contributed by atoms with Crippen LogP contribution in [0.5, 0.6) is 0 Å². The highest BCUT2D eigenvalue weighted by molar-refractivity contribution is 4.87. The second kappa shape index (κ2) is 5.83. The summed E-state index contributed by atoms with van der Waals surface area (Å²) in [5, 5.41) is 0. The van der Waals surface area contributed by atoms with Gasteiger partial charge in [0.15, 0.2) is 0 Å². The molecule has 1 saturated carbocycles. The van der Waals surface area contributed by atoms with Crippen molar-refractivity contribution in [1.82, 2.24) is 0 Å². The van der Waals surface area contributed by atoms with Gasteiger partial charge in [-0.2, -0.15) is 0 Å². The van der Waals surface area contributed by atoms with Crippen LogP contribution in [0.2, 0.25) is 0 Å². The Morgan fingerprint density at radius 3 is 2.47 bits per heavy atom. The second-order valence-corrected chi connectivity index (χ2v) is 4.93. The molecule has 0 spiro atoms. The Kier molecular flexibility index (Phi) is 5.03. The largest absolute Gasteiger partial charge is 0.379 e. The Hall–Kier alpha value is -0.120. The predicted molar refractivity (Wildman–Crippen MR) is 61.8 cm³/mol. The van der Waals surface area contributed by atoms with E-state index in [4.69, 9.17) is 15.2 Å². The zero-order valence-electron chi connectivity index (χ0n) is 10.3. The first-order chi connectivity index (χ1) is 7.12. The third-order valence-corrected chi connectivity index (χ3v) is 3.58. The van der Waals surface area contributed by atoms with E-state index in [-0.39, 0.29) is 11.7 Å². The van der Waals surface area contributed by atoms with Crippen LogP contribution in [0.15, 0.2) is 0 Å². The van der Waals surface area contributed by atoms with Crippen molar-refractivity contribution in [1.29, 1.82) is 0 Å². The Balaban J connectivity index is 2.39. The number of ether oxygens (including phenoxy) is 2. The molecule has 0 radical (unpaired) electrons. The van der Waals surface area contributed by atoms with Crippen LogP contribution in [-0.4, -0.2) is 32.0 Å². The summed E-state index contributed by atoms with van der Waals surface area (Å²) in [5.41, 5.74) is 5.78. The van der Waals surface area contributed by atoms with Gasteiger partial charge in [0.25, 0.3) is 0 Å². The molecule has 0 amide bonds. The fourth-order valence-corrected chi connectivity index (χ4v) is 2.06. The van der Waals surface area contributed by atoms with Crippen molar-refractivity contribution >= 4 is 0 Å². The highest BCUT2D eigenvalue weighted by atomic mass is 16.5. The normalized spacial score (nSPS) is 34.0. The van der Waals surface area contributed by atoms with Gasteiger partial charge in [0, 0.05) is 13.7 Å². The van der Waals surface area contributed by atoms with E-state index in [0.717, 1.165) is 18.8 Å². The minimum Gasteiger partial charge on any atom is -0.379 e. The molecule has 0 saturated heterocycles. The van der Waals surface area contributed by atoms with E-state index in [0.29, 0.717) is 13.2 Å². The van der Waals surface area contributed by atoms with Crippen LogP contribution in [0.3, 0.4) is 0 Å². The monoisotopic (exact) mass is 215 g/mol. The summed E-state index contributed by atoms with van der Waals surface area (Å²) in [6.07, 6.45) is 4.83. The minimum absolute atomic E-state index is 0.0701. The molecule has 0 aliphatic heterocycles. The summed E-state index contributed by atoms with van der Waals surface area (Å²) in [5.74, 6) is 0.827. The van der Waals surface area contributed by atoms with E-state index >= 15 is 0 Å². The van der Waals surface area contributed by atoms with Gasteiger partial charge in [-0.05, 0) is 38.5 Å². The van der Waals surface area contributed by atoms with Gasteiger partial charge in [-0.25, -0.2) is 0 Å². The van der Waals surface area contributed by atoms with Crippen LogP contribution in [0.4, 0.5) is 0 Å². The highest BCUT2D eigenvalue weighted by Crippen LogP contribution is 2.34. The van der Waals surface area contributed by atoms with Gasteiger partial charge < -0.3 is 15.2 Å². The maximum atomic E-state index is 5.97. The van der Waals surface area contributed by atoms with Crippen LogP contribution < -0.4 is 5.73 Å². The zero-order valence-corrected chi connectivity index (χ0v) is 10.3. The maximum absolute atomic E-state index is 5.97. The van der Waals surface area contributed by atoms with Crippen molar-refractivity contribution in [2.24, 2.45) is 11.7 Å². The lowest BCUT2D eigenvalue weighted by molar-refractivity contribution is -0.101. The van der Waals surface area contributed by atoms with Crippen molar-refractivity contribution in [3.63, 3.8) is 0 Å². The molecule has 3 heteroatoms. The molecule has 0 aromatic rings. The van der Waals surface area contributed by atoms with Gasteiger partial charge in [-0.15, -0.1) is 0 Å². The van der Waals surface area contributed by atoms with Crippen molar-refractivity contribution in [3.05, 3.63) is 0 Å². The van der Waals surface area contributed by atoms with Gasteiger partial charge in [-0.1, -0.05) is 6.92 Å². The molecule has 1 aliphatic rings. The summed E-state index contributed by atoms with van der Waals surface area (Å²) < 4.78 is 11.2. The fraction of sp³-hybridized carbons (Fsp3) is 1.00. The first kappa shape index (κ1) is 12.9. The van der Waals surface area contributed by atoms with Gasteiger partial charge in [0.2, 0.25) is 0 Å². The summed E-state index contributed by atoms with van der Waals surface area (Å²) in [4.78, 5) is 0. The average molecular weight is 215 g/mol. The van der Waals surface area contributed by atoms with Crippen LogP contribution in [-0.2, 0) is 9.47 Å². The summed E-state index contributed by atoms with van der Waals surface area (Å²) >= 11 is 0. The van der Waals surface area contributed by atoms with E-state index < -0.39 is 0 Å². The van der Waals surface area contributed by atoms with E-state index in [1.54, 1.807) is 7.11 Å². The van der Waals surface area contributed by atoms with Gasteiger partial charge in [0.05, 0.1) is 18.3 Å². The van der Waals surface area contributed by atoms with E-state index in [1.807, 2.05) is 6.92 Å². The van der Waals surface area contributed by atoms with Crippen molar-refractivity contribution in [2.45, 2.75) is 51.2 Å². The lowest BCUT2D eigenvalue weighted by Gasteiger charge is -2.39. The molecular formula is C12H25NO2. The molecule has 0 aromatic heterocycles. The van der Waals surface area contributed by atoms with E-state index in [9.17, 15) is 0 Å². The first-order valence-corrected chi connectivity index (χ1v) is 5.99. The smallest absolute Gasteiger partial charge is 0.0805 e. The first-order valence-electron chi connectivity index (χ1n) is 5.99. The lowest BCUT2D eigenvalue weighted by atomic mass is 9.79. The molecular weight excluding hydrogens is 190 g/mol. The van der Waals surface area contributed by atoms with Crippen LogP contribution in [0.1, 0.15) is 39.5 Å². The molecule has 1 atom stereocenters. The molecule has 1 unspecified atom stereocenters. The number of hydrogen-bond donors (Lipinski definition) is 1. The van der Waals surface area contributed by atoms with Crippen LogP contribution in [0, 0.1) is 5.92 Å². The Morgan fingerprint density at radius 1 is 1.40 bits per heavy atom. The maximum Gasteiger partial charge on any atom is 0.0805 e. The fourth-order valence-electron chi connectivity index (χ4n) is 2.06. The van der Waals surface area contributed by atoms with E-state index in [2.05, 4.69) is 6.92 Å². The minimum atomic E-state index is -0.0701. The predicted octanol–water partition coefficient (Wildman–Crippen LogP) is 1.95. The molecule has 1 fully saturated rings. The Bertz CT molecular complexity index is 176. The van der Waals surface area contributed by atoms with E-state index in [1.165, 1.54) is 12.8 Å². The number of rotatable bonds is 5. The SMILES string of the molecule is COC(C)COC1(CN)CCC(C)CC1. The molecule has 15 heavy (non-hydrogen) atoms. The molecule has 0 aromatic carbocycles. The molecule has 0 bridgehead atoms. The van der Waals surface area contributed by atoms with Gasteiger partial charge in [0.1, 0.15) is 0 Å². The Labute approximate surface area is 93.3 Å². The zero-order chi connectivity index (χ0) is 11.3. The molecule has 90 valence electrons. The standard InChI is InChI=1S/C12H25NO2/c1-10-4-6-12(9-13,7-5-10)15-8-11(2)14-3/h10-11H,4-9,13H2,1-3H3. The van der Waals surface area contributed by atoms with Crippen molar-refractivity contribution in [2.75, 3.05) is 20.3 Å². The topological polar surface area (TPSA) is 44.5 Å². The molecule has 2 N–H and O–H groups in total. The van der Waals surface area contributed by atoms with Gasteiger partial charge >= 0.3 is 0 Å². The third-order valence-electron chi connectivity index (χ3n) is 3.58. The second-order valence-electron chi connectivity index (χ2n) is 4.93. The van der Waals surface area contributed by atoms with Crippen molar-refractivity contribution < 1.29 is 9.47 Å². The molecule has 1 aliphatic carbocycles. The van der Waals surface area contributed by atoms with Crippen LogP contribution in [0.25, 0.3) is 0 Å². The average Bonchev–Trinajstić information content (AvgIpc) is 2.28. The Morgan fingerprint density at radius 2 is 2.00 bits per heavy atom. The molecule has 1 rings (SSSR count). The summed E-state index contributed by atoms with van der Waals surface area (Å²) in [7, 11) is 1.71. The molecule has 3 nitrogen and oxygen atoms in total. The van der Waals surface area contributed by atoms with Crippen molar-refractivity contribution in [3.8, 4) is 0 Å². The lowest BCUT2D eigenvalue weighted by Crippen LogP contribution is -2.45. The number of methoxy groups -OCH3 is 1. The summed E-state index contributed by atoms with van der Waals surface area (Å²) in [6, 6.07) is 0. The van der Waals surface area contributed by atoms with Crippen LogP contribution >= 0.6 is 0 Å². The molecule has 0 heterocycles. The third kappa shape index (κ3) is 3.74. The number of hydrogen-bond acceptors (Lipinski definition) is 3. The van der Waals surface area contributed by atoms with Gasteiger partial charge in [-0.3, -0.25) is 0 Å². The number of nitrogens with two attached hydrogens (primary N) is 1. The quantitative estimate of drug-likeness (QED) is 0.762. The highest BCUT2D eigenvalue weighted by Gasteiger charge is 2.34.